The number of alkyl halides is 3. The maximum Gasteiger partial charge on any atom is 0.389 e. The minimum atomic E-state index is -4.12. The zero-order chi connectivity index (χ0) is 13.1. The minimum absolute atomic E-state index is 0.00370. The molecule has 0 fully saturated rings. The minimum Gasteiger partial charge on any atom is -0.464 e. The lowest BCUT2D eigenvalue weighted by Crippen LogP contribution is -2.22. The maximum absolute atomic E-state index is 12.2. The van der Waals surface area contributed by atoms with Crippen LogP contribution in [0.4, 0.5) is 13.2 Å². The van der Waals surface area contributed by atoms with Gasteiger partial charge in [0.15, 0.2) is 0 Å². The average Bonchev–Trinajstić information content (AvgIpc) is 2.52. The average molecular weight is 249 g/mol. The van der Waals surface area contributed by atoms with Crippen molar-refractivity contribution in [3.63, 3.8) is 0 Å². The van der Waals surface area contributed by atoms with Crippen LogP contribution in [0.3, 0.4) is 0 Å². The highest BCUT2D eigenvalue weighted by molar-refractivity contribution is 5.20. The van der Waals surface area contributed by atoms with Crippen LogP contribution >= 0.6 is 0 Å². The molecule has 0 aliphatic carbocycles. The molecule has 1 atom stereocenters. The summed E-state index contributed by atoms with van der Waals surface area (Å²) in [6, 6.07) is 1.44. The zero-order valence-corrected chi connectivity index (χ0v) is 10.3. The molecular weight excluding hydrogens is 231 g/mol. The van der Waals surface area contributed by atoms with E-state index in [-0.39, 0.29) is 12.5 Å². The normalized spacial score (nSPS) is 14.0. The molecule has 0 bridgehead atoms. The highest BCUT2D eigenvalue weighted by Gasteiger charge is 2.29. The molecule has 1 aromatic rings. The van der Waals surface area contributed by atoms with Gasteiger partial charge in [-0.25, -0.2) is 0 Å². The first-order chi connectivity index (χ1) is 7.83. The Labute approximate surface area is 99.2 Å². The van der Waals surface area contributed by atoms with Gasteiger partial charge in [0.05, 0.1) is 6.04 Å². The van der Waals surface area contributed by atoms with E-state index in [1.807, 2.05) is 20.8 Å². The first kappa shape index (κ1) is 14.1. The number of hydrogen-bond donors (Lipinski definition) is 1. The second kappa shape index (κ2) is 5.58. The van der Waals surface area contributed by atoms with Gasteiger partial charge in [0.25, 0.3) is 0 Å². The molecule has 0 saturated carbocycles. The molecule has 1 rings (SSSR count). The van der Waals surface area contributed by atoms with E-state index in [1.165, 1.54) is 0 Å². The Morgan fingerprint density at radius 3 is 2.41 bits per heavy atom. The highest BCUT2D eigenvalue weighted by atomic mass is 19.4. The molecule has 0 spiro atoms. The van der Waals surface area contributed by atoms with Crippen LogP contribution < -0.4 is 5.32 Å². The van der Waals surface area contributed by atoms with Crippen LogP contribution in [0.25, 0.3) is 0 Å². The molecule has 17 heavy (non-hydrogen) atoms. The van der Waals surface area contributed by atoms with Crippen molar-refractivity contribution in [3.05, 3.63) is 23.2 Å². The van der Waals surface area contributed by atoms with E-state index in [0.29, 0.717) is 12.3 Å². The van der Waals surface area contributed by atoms with Crippen molar-refractivity contribution in [3.8, 4) is 0 Å². The Hall–Kier alpha value is -0.970. The number of aryl methyl sites for hydroxylation is 2. The van der Waals surface area contributed by atoms with Crippen molar-refractivity contribution in [2.75, 3.05) is 6.54 Å². The second-order valence-electron chi connectivity index (χ2n) is 4.15. The lowest BCUT2D eigenvalue weighted by atomic mass is 10.1. The predicted octanol–water partition coefficient (Wildman–Crippen LogP) is 3.89. The van der Waals surface area contributed by atoms with Crippen molar-refractivity contribution in [2.24, 2.45) is 0 Å². The van der Waals surface area contributed by atoms with Crippen LogP contribution in [0, 0.1) is 13.8 Å². The Balaban J connectivity index is 2.71. The number of furan rings is 1. The first-order valence-electron chi connectivity index (χ1n) is 5.70. The van der Waals surface area contributed by atoms with E-state index in [9.17, 15) is 13.2 Å². The standard InChI is InChI=1S/C12H18F3NO/c1-4-16-10(5-6-12(13,14)15)11-7-8(2)9(3)17-11/h7,10,16H,4-6H2,1-3H3. The van der Waals surface area contributed by atoms with E-state index < -0.39 is 12.6 Å². The molecule has 0 radical (unpaired) electrons. The molecule has 1 N–H and O–H groups in total. The van der Waals surface area contributed by atoms with Gasteiger partial charge in [-0.05, 0) is 38.4 Å². The third-order valence-corrected chi connectivity index (χ3v) is 2.70. The summed E-state index contributed by atoms with van der Waals surface area (Å²) >= 11 is 0. The van der Waals surface area contributed by atoms with Gasteiger partial charge >= 0.3 is 6.18 Å². The molecular formula is C12H18F3NO. The van der Waals surface area contributed by atoms with Crippen LogP contribution in [-0.4, -0.2) is 12.7 Å². The summed E-state index contributed by atoms with van der Waals surface area (Å²) in [7, 11) is 0. The third kappa shape index (κ3) is 4.42. The Morgan fingerprint density at radius 1 is 1.35 bits per heavy atom. The quantitative estimate of drug-likeness (QED) is 0.856. The third-order valence-electron chi connectivity index (χ3n) is 2.70. The number of nitrogens with one attached hydrogen (secondary N) is 1. The fourth-order valence-electron chi connectivity index (χ4n) is 1.67. The summed E-state index contributed by atoms with van der Waals surface area (Å²) in [6.07, 6.45) is -4.92. The second-order valence-corrected chi connectivity index (χ2v) is 4.15. The summed E-state index contributed by atoms with van der Waals surface area (Å²) in [5.74, 6) is 1.35. The molecule has 0 aliphatic rings. The van der Waals surface area contributed by atoms with Crippen LogP contribution in [0.5, 0.6) is 0 Å². The topological polar surface area (TPSA) is 25.2 Å². The van der Waals surface area contributed by atoms with Crippen LogP contribution in [0.15, 0.2) is 10.5 Å². The number of rotatable bonds is 5. The van der Waals surface area contributed by atoms with Crippen molar-refractivity contribution in [1.29, 1.82) is 0 Å². The van der Waals surface area contributed by atoms with Gasteiger partial charge in [0, 0.05) is 6.42 Å². The Bertz CT molecular complexity index is 338. The highest BCUT2D eigenvalue weighted by Crippen LogP contribution is 2.29. The van der Waals surface area contributed by atoms with Gasteiger partial charge in [-0.3, -0.25) is 0 Å². The molecule has 0 aliphatic heterocycles. The van der Waals surface area contributed by atoms with E-state index in [1.54, 1.807) is 6.07 Å². The lowest BCUT2D eigenvalue weighted by molar-refractivity contribution is -0.136. The predicted molar refractivity (Wildman–Crippen MR) is 59.9 cm³/mol. The van der Waals surface area contributed by atoms with Crippen LogP contribution in [0.2, 0.25) is 0 Å². The SMILES string of the molecule is CCNC(CCC(F)(F)F)c1cc(C)c(C)o1. The molecule has 98 valence electrons. The molecule has 2 nitrogen and oxygen atoms in total. The van der Waals surface area contributed by atoms with Crippen molar-refractivity contribution >= 4 is 0 Å². The number of halogens is 3. The van der Waals surface area contributed by atoms with Crippen LogP contribution in [0.1, 0.15) is 42.9 Å². The fraction of sp³-hybridized carbons (Fsp3) is 0.667. The zero-order valence-electron chi connectivity index (χ0n) is 10.3. The summed E-state index contributed by atoms with van der Waals surface area (Å²) in [5.41, 5.74) is 0.968. The van der Waals surface area contributed by atoms with Gasteiger partial charge in [-0.2, -0.15) is 13.2 Å². The molecule has 0 amide bonds. The Kier molecular flexibility index (Phi) is 4.62. The molecule has 1 heterocycles. The fourth-order valence-corrected chi connectivity index (χ4v) is 1.67. The molecule has 0 aromatic carbocycles. The Morgan fingerprint density at radius 2 is 2.00 bits per heavy atom. The van der Waals surface area contributed by atoms with E-state index >= 15 is 0 Å². The van der Waals surface area contributed by atoms with Gasteiger partial charge in [-0.15, -0.1) is 0 Å². The van der Waals surface area contributed by atoms with Gasteiger partial charge in [0.2, 0.25) is 0 Å². The molecule has 1 unspecified atom stereocenters. The summed E-state index contributed by atoms with van der Waals surface area (Å²) in [6.45, 7) is 6.17. The van der Waals surface area contributed by atoms with Crippen molar-refractivity contribution < 1.29 is 17.6 Å². The monoisotopic (exact) mass is 249 g/mol. The maximum atomic E-state index is 12.2. The van der Waals surface area contributed by atoms with Crippen molar-refractivity contribution in [2.45, 2.75) is 45.8 Å². The number of hydrogen-bond acceptors (Lipinski definition) is 2. The van der Waals surface area contributed by atoms with Crippen molar-refractivity contribution in [1.82, 2.24) is 5.32 Å². The van der Waals surface area contributed by atoms with E-state index in [4.69, 9.17) is 4.42 Å². The van der Waals surface area contributed by atoms with Gasteiger partial charge in [0.1, 0.15) is 11.5 Å². The van der Waals surface area contributed by atoms with E-state index in [0.717, 1.165) is 11.3 Å². The summed E-state index contributed by atoms with van der Waals surface area (Å²) in [5, 5.41) is 3.02. The lowest BCUT2D eigenvalue weighted by Gasteiger charge is -2.16. The molecule has 0 saturated heterocycles. The molecule has 5 heteroatoms. The summed E-state index contributed by atoms with van der Waals surface area (Å²) < 4.78 is 42.1. The summed E-state index contributed by atoms with van der Waals surface area (Å²) in [4.78, 5) is 0. The first-order valence-corrected chi connectivity index (χ1v) is 5.70. The molecule has 1 aromatic heterocycles. The van der Waals surface area contributed by atoms with Gasteiger partial charge in [-0.1, -0.05) is 6.92 Å². The van der Waals surface area contributed by atoms with Crippen LogP contribution in [-0.2, 0) is 0 Å². The van der Waals surface area contributed by atoms with Gasteiger partial charge < -0.3 is 9.73 Å². The smallest absolute Gasteiger partial charge is 0.389 e. The largest absolute Gasteiger partial charge is 0.464 e. The van der Waals surface area contributed by atoms with E-state index in [2.05, 4.69) is 5.32 Å².